The summed E-state index contributed by atoms with van der Waals surface area (Å²) < 4.78 is 1.76. The molecule has 4 rings (SSSR count). The van der Waals surface area contributed by atoms with Crippen molar-refractivity contribution in [1.29, 1.82) is 0 Å². The number of hydrogen-bond acceptors (Lipinski definition) is 2. The predicted octanol–water partition coefficient (Wildman–Crippen LogP) is 6.27. The number of carbonyl (C=O) groups is 1. The summed E-state index contributed by atoms with van der Waals surface area (Å²) in [6, 6.07) is 23.9. The van der Waals surface area contributed by atoms with Crippen molar-refractivity contribution >= 4 is 17.8 Å². The number of carbonyl (C=O) groups excluding carboxylic acids is 1. The molecule has 1 N–H and O–H groups in total. The number of anilines is 1. The Morgan fingerprint density at radius 3 is 2.48 bits per heavy atom. The zero-order valence-electron chi connectivity index (χ0n) is 18.7. The van der Waals surface area contributed by atoms with Crippen LogP contribution in [0.25, 0.3) is 17.3 Å². The first-order valence-corrected chi connectivity index (χ1v) is 10.8. The van der Waals surface area contributed by atoms with Gasteiger partial charge in [0.2, 0.25) is 0 Å². The Kier molecular flexibility index (Phi) is 6.82. The van der Waals surface area contributed by atoms with Gasteiger partial charge in [-0.3, -0.25) is 4.79 Å². The first-order valence-electron chi connectivity index (χ1n) is 10.8. The van der Waals surface area contributed by atoms with Gasteiger partial charge in [-0.2, -0.15) is 5.10 Å². The van der Waals surface area contributed by atoms with Gasteiger partial charge >= 0.3 is 0 Å². The molecule has 2 heterocycles. The lowest BCUT2D eigenvalue weighted by Gasteiger charge is -2.09. The van der Waals surface area contributed by atoms with Gasteiger partial charge in [0.15, 0.2) is 0 Å². The second kappa shape index (κ2) is 10.3. The molecule has 0 atom stereocenters. The summed E-state index contributed by atoms with van der Waals surface area (Å²) in [6.07, 6.45) is 8.18. The topological polar surface area (TPSA) is 46.9 Å². The van der Waals surface area contributed by atoms with E-state index in [9.17, 15) is 4.79 Å². The Labute approximate surface area is 194 Å². The lowest BCUT2D eigenvalue weighted by Crippen LogP contribution is -2.14. The van der Waals surface area contributed by atoms with E-state index >= 15 is 0 Å². The minimum Gasteiger partial charge on any atom is -0.322 e. The van der Waals surface area contributed by atoms with E-state index < -0.39 is 0 Å². The fourth-order valence-corrected chi connectivity index (χ4v) is 3.64. The highest BCUT2D eigenvalue weighted by Crippen LogP contribution is 2.23. The van der Waals surface area contributed by atoms with E-state index in [0.717, 1.165) is 28.1 Å². The molecule has 162 valence electrons. The normalized spacial score (nSPS) is 11.8. The molecule has 1 aliphatic rings. The Morgan fingerprint density at radius 2 is 1.73 bits per heavy atom. The van der Waals surface area contributed by atoms with Crippen LogP contribution in [0.15, 0.2) is 96.7 Å². The summed E-state index contributed by atoms with van der Waals surface area (Å²) in [7, 11) is 0. The molecule has 0 bridgehead atoms. The molecule has 0 fully saturated rings. The molecule has 3 aromatic rings. The van der Waals surface area contributed by atoms with E-state index in [2.05, 4.69) is 29.2 Å². The fraction of sp³-hybridized carbons (Fsp3) is 0.103. The SMILES string of the molecule is CC#Cc1ccccc(-c2cccc(NC(=O)c3cnn4c3CC(C)=CC=C4)c2)cccc1. The van der Waals surface area contributed by atoms with Gasteiger partial charge in [0.1, 0.15) is 0 Å². The largest absolute Gasteiger partial charge is 0.322 e. The lowest BCUT2D eigenvalue weighted by molar-refractivity contribution is 0.102. The summed E-state index contributed by atoms with van der Waals surface area (Å²) in [5.74, 6) is 5.83. The number of amides is 1. The molecule has 0 saturated heterocycles. The van der Waals surface area contributed by atoms with Crippen molar-refractivity contribution in [2.24, 2.45) is 0 Å². The minimum atomic E-state index is -0.162. The summed E-state index contributed by atoms with van der Waals surface area (Å²) in [4.78, 5) is 13.0. The van der Waals surface area contributed by atoms with Crippen LogP contribution in [0, 0.1) is 11.8 Å². The van der Waals surface area contributed by atoms with Gasteiger partial charge < -0.3 is 5.32 Å². The third-order valence-corrected chi connectivity index (χ3v) is 5.25. The Morgan fingerprint density at radius 1 is 1.00 bits per heavy atom. The summed E-state index contributed by atoms with van der Waals surface area (Å²) in [6.45, 7) is 3.88. The Balaban J connectivity index is 1.59. The number of hydrogen-bond donors (Lipinski definition) is 1. The zero-order valence-corrected chi connectivity index (χ0v) is 18.7. The van der Waals surface area contributed by atoms with Gasteiger partial charge in [0.25, 0.3) is 5.91 Å². The maximum absolute atomic E-state index is 13.0. The standard InChI is InChI=1S/C29H25N3O/c1-3-10-23-12-4-6-14-24(15-7-5-13-23)25-16-8-17-26(20-25)31-29(33)27-21-30-32-18-9-11-22(2)19-28(27)32/h4-9,11-18,20-21H,19H2,1-2H3,(H,31,33). The van der Waals surface area contributed by atoms with Crippen molar-refractivity contribution in [3.05, 3.63) is 114 Å². The number of nitrogens with zero attached hydrogens (tertiary/aromatic N) is 2. The molecule has 4 heteroatoms. The van der Waals surface area contributed by atoms with E-state index in [0.29, 0.717) is 12.0 Å². The third-order valence-electron chi connectivity index (χ3n) is 5.25. The van der Waals surface area contributed by atoms with Crippen molar-refractivity contribution in [2.75, 3.05) is 5.32 Å². The summed E-state index contributed by atoms with van der Waals surface area (Å²) in [5.41, 5.74) is 6.40. The van der Waals surface area contributed by atoms with Crippen molar-refractivity contribution in [3.8, 4) is 23.0 Å². The quantitative estimate of drug-likeness (QED) is 0.497. The minimum absolute atomic E-state index is 0.162. The van der Waals surface area contributed by atoms with Crippen LogP contribution in [0.1, 0.15) is 35.5 Å². The lowest BCUT2D eigenvalue weighted by atomic mass is 10.1. The van der Waals surface area contributed by atoms with E-state index in [-0.39, 0.29) is 5.91 Å². The number of nitrogens with one attached hydrogen (secondary N) is 1. The summed E-state index contributed by atoms with van der Waals surface area (Å²) in [5, 5.41) is 7.38. The smallest absolute Gasteiger partial charge is 0.259 e. The molecule has 0 saturated carbocycles. The monoisotopic (exact) mass is 431 g/mol. The Bertz CT molecular complexity index is 1340. The van der Waals surface area contributed by atoms with Gasteiger partial charge in [0.05, 0.1) is 17.5 Å². The molecule has 1 aromatic heterocycles. The molecule has 0 radical (unpaired) electrons. The Hall–Kier alpha value is -4.36. The van der Waals surface area contributed by atoms with Crippen LogP contribution < -0.4 is 5.32 Å². The summed E-state index contributed by atoms with van der Waals surface area (Å²) >= 11 is 0. The molecule has 1 aliphatic heterocycles. The van der Waals surface area contributed by atoms with E-state index in [1.807, 2.05) is 98.1 Å². The molecule has 2 aromatic carbocycles. The number of aromatic nitrogens is 2. The first-order chi connectivity index (χ1) is 16.1. The van der Waals surface area contributed by atoms with Crippen molar-refractivity contribution < 1.29 is 4.79 Å². The van der Waals surface area contributed by atoms with Crippen LogP contribution in [-0.4, -0.2) is 15.7 Å². The van der Waals surface area contributed by atoms with Gasteiger partial charge in [-0.25, -0.2) is 4.68 Å². The van der Waals surface area contributed by atoms with Crippen LogP contribution in [0.3, 0.4) is 0 Å². The molecule has 1 amide bonds. The van der Waals surface area contributed by atoms with Gasteiger partial charge in [-0.15, -0.1) is 5.92 Å². The van der Waals surface area contributed by atoms with Crippen LogP contribution in [0.5, 0.6) is 0 Å². The number of rotatable bonds is 3. The first kappa shape index (κ1) is 21.9. The number of fused-ring (bicyclic) bond motifs is 1. The van der Waals surface area contributed by atoms with Gasteiger partial charge in [0, 0.05) is 23.9 Å². The van der Waals surface area contributed by atoms with Crippen molar-refractivity contribution in [1.82, 2.24) is 9.78 Å². The van der Waals surface area contributed by atoms with Crippen LogP contribution in [0.2, 0.25) is 0 Å². The van der Waals surface area contributed by atoms with Crippen LogP contribution in [-0.2, 0) is 6.42 Å². The van der Waals surface area contributed by atoms with E-state index in [1.165, 1.54) is 5.57 Å². The maximum atomic E-state index is 13.0. The fourth-order valence-electron chi connectivity index (χ4n) is 3.64. The maximum Gasteiger partial charge on any atom is 0.259 e. The van der Waals surface area contributed by atoms with Crippen molar-refractivity contribution in [3.63, 3.8) is 0 Å². The van der Waals surface area contributed by atoms with Gasteiger partial charge in [-0.05, 0) is 55.3 Å². The van der Waals surface area contributed by atoms with E-state index in [4.69, 9.17) is 0 Å². The molecule has 0 unspecified atom stereocenters. The van der Waals surface area contributed by atoms with Crippen LogP contribution >= 0.6 is 0 Å². The van der Waals surface area contributed by atoms with Crippen LogP contribution in [0.4, 0.5) is 5.69 Å². The highest BCUT2D eigenvalue weighted by atomic mass is 16.1. The number of allylic oxidation sites excluding steroid dienone is 3. The third kappa shape index (κ3) is 5.47. The highest BCUT2D eigenvalue weighted by molar-refractivity contribution is 6.05. The molecule has 0 aliphatic carbocycles. The zero-order chi connectivity index (χ0) is 23.0. The number of benzene rings is 1. The van der Waals surface area contributed by atoms with Gasteiger partial charge in [-0.1, -0.05) is 66.1 Å². The second-order valence-corrected chi connectivity index (χ2v) is 7.74. The van der Waals surface area contributed by atoms with Crippen molar-refractivity contribution in [2.45, 2.75) is 20.3 Å². The molecule has 33 heavy (non-hydrogen) atoms. The average Bonchev–Trinajstić information content (AvgIpc) is 3.11. The highest BCUT2D eigenvalue weighted by Gasteiger charge is 2.18. The van der Waals surface area contributed by atoms with E-state index in [1.54, 1.807) is 10.9 Å². The average molecular weight is 432 g/mol. The molecule has 0 spiro atoms. The second-order valence-electron chi connectivity index (χ2n) is 7.74. The predicted molar refractivity (Wildman–Crippen MR) is 135 cm³/mol. The molecular formula is C29H25N3O. The molecular weight excluding hydrogens is 406 g/mol. The molecule has 4 nitrogen and oxygen atoms in total.